The lowest BCUT2D eigenvalue weighted by molar-refractivity contribution is 0.149. The molecule has 76 valence electrons. The van der Waals surface area contributed by atoms with Crippen LogP contribution < -0.4 is 5.06 Å². The lowest BCUT2D eigenvalue weighted by Gasteiger charge is -2.17. The zero-order chi connectivity index (χ0) is 10.4. The summed E-state index contributed by atoms with van der Waals surface area (Å²) in [5.41, 5.74) is 2.33. The van der Waals surface area contributed by atoms with E-state index in [1.165, 1.54) is 5.57 Å². The van der Waals surface area contributed by atoms with E-state index in [-0.39, 0.29) is 0 Å². The minimum Gasteiger partial charge on any atom is -0.270 e. The summed E-state index contributed by atoms with van der Waals surface area (Å²) in [6, 6.07) is 10.0. The van der Waals surface area contributed by atoms with Gasteiger partial charge < -0.3 is 0 Å². The Morgan fingerprint density at radius 3 is 2.50 bits per heavy atom. The maximum Gasteiger partial charge on any atom is 0.0932 e. The molecule has 0 aromatic heterocycles. The summed E-state index contributed by atoms with van der Waals surface area (Å²) in [4.78, 5) is 5.50. The van der Waals surface area contributed by atoms with Gasteiger partial charge in [0.1, 0.15) is 0 Å². The Hall–Kier alpha value is -1.28. The van der Waals surface area contributed by atoms with Crippen LogP contribution in [0.3, 0.4) is 0 Å². The fourth-order valence-corrected chi connectivity index (χ4v) is 1.03. The van der Waals surface area contributed by atoms with Crippen molar-refractivity contribution in [3.8, 4) is 0 Å². The van der Waals surface area contributed by atoms with E-state index in [0.29, 0.717) is 6.61 Å². The topological polar surface area (TPSA) is 12.5 Å². The van der Waals surface area contributed by atoms with Crippen LogP contribution in [-0.4, -0.2) is 13.7 Å². The summed E-state index contributed by atoms with van der Waals surface area (Å²) in [6.45, 7) is 4.74. The fourth-order valence-electron chi connectivity index (χ4n) is 1.03. The van der Waals surface area contributed by atoms with Crippen molar-refractivity contribution in [3.05, 3.63) is 42.0 Å². The number of benzene rings is 1. The molecule has 0 atom stereocenters. The average molecular weight is 191 g/mol. The molecule has 0 N–H and O–H groups in total. The summed E-state index contributed by atoms with van der Waals surface area (Å²) in [5.74, 6) is 0. The van der Waals surface area contributed by atoms with Crippen LogP contribution in [0.1, 0.15) is 13.8 Å². The summed E-state index contributed by atoms with van der Waals surface area (Å²) >= 11 is 0. The van der Waals surface area contributed by atoms with Gasteiger partial charge in [-0.1, -0.05) is 29.8 Å². The van der Waals surface area contributed by atoms with Crippen molar-refractivity contribution < 1.29 is 4.84 Å². The zero-order valence-electron chi connectivity index (χ0n) is 9.03. The molecule has 0 radical (unpaired) electrons. The summed E-state index contributed by atoms with van der Waals surface area (Å²) in [6.07, 6.45) is 2.06. The Morgan fingerprint density at radius 2 is 1.93 bits per heavy atom. The second-order valence-electron chi connectivity index (χ2n) is 3.41. The molecular weight excluding hydrogens is 174 g/mol. The predicted octanol–water partition coefficient (Wildman–Crippen LogP) is 3.02. The van der Waals surface area contributed by atoms with E-state index in [1.54, 1.807) is 5.06 Å². The van der Waals surface area contributed by atoms with Gasteiger partial charge in [0.2, 0.25) is 0 Å². The lowest BCUT2D eigenvalue weighted by Crippen LogP contribution is -2.17. The van der Waals surface area contributed by atoms with Crippen molar-refractivity contribution in [1.29, 1.82) is 0 Å². The Balaban J connectivity index is 2.43. The van der Waals surface area contributed by atoms with Crippen molar-refractivity contribution >= 4 is 5.69 Å². The van der Waals surface area contributed by atoms with Crippen molar-refractivity contribution in [3.63, 3.8) is 0 Å². The van der Waals surface area contributed by atoms with Crippen LogP contribution in [0.5, 0.6) is 0 Å². The Kier molecular flexibility index (Phi) is 4.20. The first kappa shape index (κ1) is 10.8. The van der Waals surface area contributed by atoms with E-state index < -0.39 is 0 Å². The van der Waals surface area contributed by atoms with E-state index >= 15 is 0 Å². The largest absolute Gasteiger partial charge is 0.270 e. The predicted molar refractivity (Wildman–Crippen MR) is 60.2 cm³/mol. The first-order valence-electron chi connectivity index (χ1n) is 4.75. The molecule has 0 spiro atoms. The number of rotatable bonds is 4. The number of hydroxylamine groups is 1. The Bertz CT molecular complexity index is 288. The highest BCUT2D eigenvalue weighted by atomic mass is 16.7. The van der Waals surface area contributed by atoms with E-state index in [1.807, 2.05) is 37.4 Å². The molecule has 0 saturated heterocycles. The average Bonchev–Trinajstić information content (AvgIpc) is 2.18. The third-order valence-electron chi connectivity index (χ3n) is 1.88. The van der Waals surface area contributed by atoms with Crippen molar-refractivity contribution in [1.82, 2.24) is 0 Å². The SMILES string of the molecule is CC(C)=CCON(C)c1ccccc1. The van der Waals surface area contributed by atoms with Crippen molar-refractivity contribution in [2.24, 2.45) is 0 Å². The zero-order valence-corrected chi connectivity index (χ0v) is 9.03. The Labute approximate surface area is 85.8 Å². The van der Waals surface area contributed by atoms with Crippen LogP contribution in [-0.2, 0) is 4.84 Å². The molecule has 0 saturated carbocycles. The van der Waals surface area contributed by atoms with Gasteiger partial charge in [-0.25, -0.2) is 0 Å². The molecule has 1 aromatic carbocycles. The highest BCUT2D eigenvalue weighted by molar-refractivity contribution is 5.42. The minimum absolute atomic E-state index is 0.619. The van der Waals surface area contributed by atoms with Gasteiger partial charge in [-0.2, -0.15) is 0 Å². The molecule has 0 bridgehead atoms. The Morgan fingerprint density at radius 1 is 1.29 bits per heavy atom. The molecule has 0 unspecified atom stereocenters. The van der Waals surface area contributed by atoms with E-state index in [9.17, 15) is 0 Å². The number of para-hydroxylation sites is 1. The summed E-state index contributed by atoms with van der Waals surface area (Å²) < 4.78 is 0. The van der Waals surface area contributed by atoms with Gasteiger partial charge in [-0.15, -0.1) is 0 Å². The first-order valence-corrected chi connectivity index (χ1v) is 4.75. The molecule has 1 rings (SSSR count). The van der Waals surface area contributed by atoms with E-state index in [0.717, 1.165) is 5.69 Å². The van der Waals surface area contributed by atoms with Gasteiger partial charge in [0.05, 0.1) is 12.3 Å². The summed E-state index contributed by atoms with van der Waals surface area (Å²) in [5, 5.41) is 1.78. The summed E-state index contributed by atoms with van der Waals surface area (Å²) in [7, 11) is 1.91. The quantitative estimate of drug-likeness (QED) is 0.536. The highest BCUT2D eigenvalue weighted by Crippen LogP contribution is 2.10. The standard InChI is InChI=1S/C12H17NO/c1-11(2)9-10-14-13(3)12-7-5-4-6-8-12/h4-9H,10H2,1-3H3. The van der Waals surface area contributed by atoms with Gasteiger partial charge in [-0.3, -0.25) is 9.90 Å². The highest BCUT2D eigenvalue weighted by Gasteiger charge is 1.97. The number of nitrogens with zero attached hydrogens (tertiary/aromatic N) is 1. The van der Waals surface area contributed by atoms with Gasteiger partial charge in [0, 0.05) is 7.05 Å². The van der Waals surface area contributed by atoms with Crippen LogP contribution in [0.15, 0.2) is 42.0 Å². The maximum atomic E-state index is 5.50. The van der Waals surface area contributed by atoms with Crippen LogP contribution in [0.2, 0.25) is 0 Å². The van der Waals surface area contributed by atoms with Gasteiger partial charge in [-0.05, 0) is 26.0 Å². The fraction of sp³-hybridized carbons (Fsp3) is 0.333. The third-order valence-corrected chi connectivity index (χ3v) is 1.88. The molecule has 14 heavy (non-hydrogen) atoms. The second kappa shape index (κ2) is 5.45. The van der Waals surface area contributed by atoms with Crippen LogP contribution in [0.25, 0.3) is 0 Å². The minimum atomic E-state index is 0.619. The monoisotopic (exact) mass is 191 g/mol. The van der Waals surface area contributed by atoms with Crippen LogP contribution in [0, 0.1) is 0 Å². The molecule has 0 heterocycles. The molecule has 0 amide bonds. The van der Waals surface area contributed by atoms with Gasteiger partial charge in [0.25, 0.3) is 0 Å². The van der Waals surface area contributed by atoms with Crippen LogP contribution >= 0.6 is 0 Å². The number of hydrogen-bond acceptors (Lipinski definition) is 2. The van der Waals surface area contributed by atoms with E-state index in [2.05, 4.69) is 19.9 Å². The molecule has 2 heteroatoms. The third kappa shape index (κ3) is 3.62. The smallest absolute Gasteiger partial charge is 0.0932 e. The van der Waals surface area contributed by atoms with Crippen LogP contribution in [0.4, 0.5) is 5.69 Å². The first-order chi connectivity index (χ1) is 6.70. The van der Waals surface area contributed by atoms with Gasteiger partial charge >= 0.3 is 0 Å². The van der Waals surface area contributed by atoms with Crippen molar-refractivity contribution in [2.45, 2.75) is 13.8 Å². The number of anilines is 1. The lowest BCUT2D eigenvalue weighted by atomic mass is 10.3. The molecule has 0 aliphatic carbocycles. The second-order valence-corrected chi connectivity index (χ2v) is 3.41. The van der Waals surface area contributed by atoms with Crippen molar-refractivity contribution in [2.75, 3.05) is 18.7 Å². The molecular formula is C12H17NO. The normalized spacial score (nSPS) is 9.64. The molecule has 2 nitrogen and oxygen atoms in total. The van der Waals surface area contributed by atoms with E-state index in [4.69, 9.17) is 4.84 Å². The number of hydrogen-bond donors (Lipinski definition) is 0. The molecule has 0 fully saturated rings. The maximum absolute atomic E-state index is 5.50. The van der Waals surface area contributed by atoms with Gasteiger partial charge in [0.15, 0.2) is 0 Å². The number of allylic oxidation sites excluding steroid dienone is 1. The molecule has 1 aromatic rings. The molecule has 0 aliphatic heterocycles. The molecule has 0 aliphatic rings.